The van der Waals surface area contributed by atoms with E-state index in [0.717, 1.165) is 28.4 Å². The first-order valence-corrected chi connectivity index (χ1v) is 17.3. The van der Waals surface area contributed by atoms with Gasteiger partial charge >= 0.3 is 11.9 Å². The summed E-state index contributed by atoms with van der Waals surface area (Å²) < 4.78 is 58.9. The van der Waals surface area contributed by atoms with Crippen LogP contribution < -0.4 is 18.9 Å². The van der Waals surface area contributed by atoms with Gasteiger partial charge in [0.05, 0.1) is 51.7 Å². The highest BCUT2D eigenvalue weighted by Gasteiger charge is 2.31. The quantitative estimate of drug-likeness (QED) is 0.0830. The molecule has 2 aliphatic heterocycles. The molecule has 282 valence electrons. The van der Waals surface area contributed by atoms with Crippen molar-refractivity contribution >= 4 is 56.9 Å². The number of benzene rings is 2. The number of esters is 1. The van der Waals surface area contributed by atoms with Crippen LogP contribution in [0.5, 0.6) is 23.0 Å². The first kappa shape index (κ1) is 38.6. The molecule has 1 N–H and O–H groups in total. The molecule has 0 fully saturated rings. The summed E-state index contributed by atoms with van der Waals surface area (Å²) in [4.78, 5) is 74.5. The lowest BCUT2D eigenvalue weighted by atomic mass is 10.1. The van der Waals surface area contributed by atoms with E-state index in [2.05, 4.69) is 0 Å². The lowest BCUT2D eigenvalue weighted by molar-refractivity contribution is -0.152. The standard InChI is InChI=1S/C36H36F2N2O12S/c1-19(16-40-29(43)6-7-30(40)44)52-32(47)10-5-23(41)27-14-21-26(53-27)15-25(49-3)36(33(21)37)51-12-4-11-50-35-24(48-2)13-20-17-39(18-22(20)34(35)38)28(42)8-9-31(45)46/h6-7,13-15,19H,4-5,8-12,16-18H2,1-3H3,(H,45,46)/t19-/m0/s1. The highest BCUT2D eigenvalue weighted by atomic mass is 32.1. The van der Waals surface area contributed by atoms with Gasteiger partial charge in [0.25, 0.3) is 11.8 Å². The van der Waals surface area contributed by atoms with Crippen molar-refractivity contribution in [1.82, 2.24) is 9.80 Å². The van der Waals surface area contributed by atoms with E-state index in [9.17, 15) is 28.8 Å². The van der Waals surface area contributed by atoms with Gasteiger partial charge in [0.2, 0.25) is 5.91 Å². The number of rotatable bonds is 18. The number of hydrogen-bond donors (Lipinski definition) is 1. The molecule has 3 heterocycles. The van der Waals surface area contributed by atoms with Crippen molar-refractivity contribution in [2.24, 2.45) is 0 Å². The van der Waals surface area contributed by atoms with Crippen LogP contribution in [0.3, 0.4) is 0 Å². The van der Waals surface area contributed by atoms with Crippen molar-refractivity contribution in [1.29, 1.82) is 0 Å². The molecule has 1 aromatic heterocycles. The largest absolute Gasteiger partial charge is 0.493 e. The van der Waals surface area contributed by atoms with E-state index in [4.69, 9.17) is 28.8 Å². The first-order valence-electron chi connectivity index (χ1n) is 16.5. The number of thiophene rings is 1. The third kappa shape index (κ3) is 8.90. The summed E-state index contributed by atoms with van der Waals surface area (Å²) in [6.07, 6.45) is 0.622. The van der Waals surface area contributed by atoms with E-state index in [-0.39, 0.29) is 104 Å². The van der Waals surface area contributed by atoms with E-state index < -0.39 is 53.2 Å². The number of amides is 3. The van der Waals surface area contributed by atoms with E-state index in [1.807, 2.05) is 0 Å². The molecule has 14 nitrogen and oxygen atoms in total. The van der Waals surface area contributed by atoms with Gasteiger partial charge in [-0.1, -0.05) is 0 Å². The molecule has 0 unspecified atom stereocenters. The van der Waals surface area contributed by atoms with Gasteiger partial charge in [0.15, 0.2) is 40.4 Å². The summed E-state index contributed by atoms with van der Waals surface area (Å²) in [7, 11) is 2.68. The molecule has 0 spiro atoms. The molecular formula is C36H36F2N2O12S. The maximum atomic E-state index is 15.7. The molecule has 3 aromatic rings. The normalized spacial score (nSPS) is 14.1. The number of halogens is 2. The van der Waals surface area contributed by atoms with Gasteiger partial charge in [0.1, 0.15) is 6.10 Å². The van der Waals surface area contributed by atoms with Crippen LogP contribution in [0.15, 0.2) is 30.4 Å². The second kappa shape index (κ2) is 16.8. The maximum absolute atomic E-state index is 15.7. The molecule has 1 atom stereocenters. The van der Waals surface area contributed by atoms with E-state index in [1.54, 1.807) is 6.07 Å². The second-order valence-corrected chi connectivity index (χ2v) is 13.2. The molecule has 2 aromatic carbocycles. The summed E-state index contributed by atoms with van der Waals surface area (Å²) in [5, 5.41) is 8.97. The number of Topliss-reactive ketones (excluding diaryl/α,β-unsaturated/α-hetero) is 1. The number of nitrogens with zero attached hydrogens (tertiary/aromatic N) is 2. The van der Waals surface area contributed by atoms with Crippen LogP contribution >= 0.6 is 11.3 Å². The molecule has 5 rings (SSSR count). The van der Waals surface area contributed by atoms with Gasteiger partial charge in [-0.2, -0.15) is 0 Å². The number of carbonyl (C=O) groups excluding carboxylic acids is 5. The fourth-order valence-electron chi connectivity index (χ4n) is 5.75. The van der Waals surface area contributed by atoms with Gasteiger partial charge in [-0.3, -0.25) is 33.7 Å². The molecule has 3 amide bonds. The highest BCUT2D eigenvalue weighted by molar-refractivity contribution is 7.20. The molecule has 0 saturated carbocycles. The van der Waals surface area contributed by atoms with Gasteiger partial charge in [-0.15, -0.1) is 11.3 Å². The van der Waals surface area contributed by atoms with Crippen LogP contribution in [-0.2, 0) is 41.8 Å². The zero-order valence-corrected chi connectivity index (χ0v) is 29.8. The summed E-state index contributed by atoms with van der Waals surface area (Å²) in [5.41, 5.74) is 0.764. The molecule has 17 heteroatoms. The Labute approximate surface area is 305 Å². The minimum atomic E-state index is -1.11. The number of hydrogen-bond acceptors (Lipinski definition) is 12. The second-order valence-electron chi connectivity index (χ2n) is 12.1. The van der Waals surface area contributed by atoms with Crippen molar-refractivity contribution in [3.63, 3.8) is 0 Å². The molecule has 0 aliphatic carbocycles. The van der Waals surface area contributed by atoms with Crippen molar-refractivity contribution in [2.75, 3.05) is 34.0 Å². The predicted octanol–water partition coefficient (Wildman–Crippen LogP) is 4.57. The van der Waals surface area contributed by atoms with Crippen molar-refractivity contribution in [2.45, 2.75) is 58.2 Å². The van der Waals surface area contributed by atoms with Crippen molar-refractivity contribution in [3.8, 4) is 23.0 Å². The lowest BCUT2D eigenvalue weighted by Gasteiger charge is -2.19. The minimum Gasteiger partial charge on any atom is -0.493 e. The monoisotopic (exact) mass is 758 g/mol. The molecular weight excluding hydrogens is 722 g/mol. The molecule has 0 radical (unpaired) electrons. The highest BCUT2D eigenvalue weighted by Crippen LogP contribution is 2.41. The van der Waals surface area contributed by atoms with E-state index in [1.165, 1.54) is 38.2 Å². The van der Waals surface area contributed by atoms with Gasteiger partial charge in [-0.25, -0.2) is 8.78 Å². The molecule has 0 bridgehead atoms. The number of imide groups is 1. The Balaban J connectivity index is 1.15. The van der Waals surface area contributed by atoms with Crippen LogP contribution in [0.2, 0.25) is 0 Å². The van der Waals surface area contributed by atoms with Crippen molar-refractivity contribution in [3.05, 3.63) is 58.0 Å². The maximum Gasteiger partial charge on any atom is 0.306 e. The minimum absolute atomic E-state index is 0.0440. The van der Waals surface area contributed by atoms with E-state index >= 15 is 8.78 Å². The number of ether oxygens (including phenoxy) is 5. The van der Waals surface area contributed by atoms with Crippen LogP contribution in [0.4, 0.5) is 8.78 Å². The van der Waals surface area contributed by atoms with Crippen LogP contribution in [0, 0.1) is 11.6 Å². The number of carboxylic acid groups (broad SMARTS) is 1. The Hall–Kier alpha value is -5.58. The van der Waals surface area contributed by atoms with Crippen molar-refractivity contribution < 1.29 is 66.3 Å². The number of carbonyl (C=O) groups is 6. The number of methoxy groups -OCH3 is 2. The Morgan fingerprint density at radius 3 is 2.15 bits per heavy atom. The molecule has 0 saturated heterocycles. The van der Waals surface area contributed by atoms with Crippen LogP contribution in [0.25, 0.3) is 10.1 Å². The summed E-state index contributed by atoms with van der Waals surface area (Å²) >= 11 is 1.01. The van der Waals surface area contributed by atoms with Gasteiger partial charge in [0, 0.05) is 66.2 Å². The third-order valence-corrected chi connectivity index (χ3v) is 9.53. The lowest BCUT2D eigenvalue weighted by Crippen LogP contribution is -2.37. The zero-order valence-electron chi connectivity index (χ0n) is 29.0. The SMILES string of the molecule is COc1cc2c(c(F)c1OCCCOc1c(OC)cc3sc(C(=O)CCC(=O)O[C@@H](C)CN4C(=O)C=CC4=O)cc3c1F)CN(C(=O)CCC(=O)O)C2. The number of fused-ring (bicyclic) bond motifs is 2. The average molecular weight is 759 g/mol. The van der Waals surface area contributed by atoms with E-state index in [0.29, 0.717) is 10.3 Å². The fraction of sp³-hybridized carbons (Fsp3) is 0.389. The van der Waals surface area contributed by atoms with Crippen LogP contribution in [-0.4, -0.2) is 90.4 Å². The Kier molecular flexibility index (Phi) is 12.3. The Morgan fingerprint density at radius 2 is 1.51 bits per heavy atom. The van der Waals surface area contributed by atoms with Gasteiger partial charge < -0.3 is 33.7 Å². The fourth-order valence-corrected chi connectivity index (χ4v) is 6.81. The Morgan fingerprint density at radius 1 is 0.868 bits per heavy atom. The molecule has 53 heavy (non-hydrogen) atoms. The average Bonchev–Trinajstić information content (AvgIpc) is 3.85. The summed E-state index contributed by atoms with van der Waals surface area (Å²) in [6.45, 7) is 1.35. The van der Waals surface area contributed by atoms with Crippen LogP contribution in [0.1, 0.15) is 59.8 Å². The predicted molar refractivity (Wildman–Crippen MR) is 183 cm³/mol. The summed E-state index contributed by atoms with van der Waals surface area (Å²) in [6, 6.07) is 4.46. The third-order valence-electron chi connectivity index (χ3n) is 8.40. The smallest absolute Gasteiger partial charge is 0.306 e. The topological polar surface area (TPSA) is 175 Å². The molecule has 2 aliphatic rings. The zero-order chi connectivity index (χ0) is 38.4. The number of aliphatic carboxylic acids is 1. The first-order chi connectivity index (χ1) is 25.3. The number of carboxylic acids is 1. The number of ketones is 1. The summed E-state index contributed by atoms with van der Waals surface area (Å²) in [5.74, 6) is -5.29. The Bertz CT molecular complexity index is 1980. The van der Waals surface area contributed by atoms with Gasteiger partial charge in [-0.05, 0) is 24.6 Å².